The van der Waals surface area contributed by atoms with Gasteiger partial charge in [-0.1, -0.05) is 12.1 Å². The molecule has 0 saturated heterocycles. The van der Waals surface area contributed by atoms with Crippen LogP contribution in [0.25, 0.3) is 0 Å². The van der Waals surface area contributed by atoms with E-state index in [-0.39, 0.29) is 18.7 Å². The normalized spacial score (nSPS) is 13.0. The zero-order valence-corrected chi connectivity index (χ0v) is 15.4. The Morgan fingerprint density at radius 1 is 1.28 bits per heavy atom. The quantitative estimate of drug-likeness (QED) is 0.703. The molecule has 1 aromatic rings. The lowest BCUT2D eigenvalue weighted by Gasteiger charge is -2.22. The maximum atomic E-state index is 11.8. The number of carbonyl (C=O) groups excluding carboxylic acids is 1. The van der Waals surface area contributed by atoms with Crippen molar-refractivity contribution in [3.8, 4) is 5.75 Å². The summed E-state index contributed by atoms with van der Waals surface area (Å²) in [5.74, 6) is -1.55. The molecule has 0 fully saturated rings. The molecular formula is C16H23NO7S. The van der Waals surface area contributed by atoms with Crippen molar-refractivity contribution in [1.29, 1.82) is 0 Å². The van der Waals surface area contributed by atoms with Crippen LogP contribution in [0.2, 0.25) is 0 Å². The van der Waals surface area contributed by atoms with Gasteiger partial charge in [0.2, 0.25) is 0 Å². The van der Waals surface area contributed by atoms with Crippen molar-refractivity contribution in [3.63, 3.8) is 0 Å². The maximum absolute atomic E-state index is 11.8. The van der Waals surface area contributed by atoms with E-state index in [0.717, 1.165) is 6.26 Å². The number of hydrogen-bond donors (Lipinski definition) is 2. The molecule has 1 amide bonds. The number of alkyl carbamates (subject to hydrolysis) is 1. The van der Waals surface area contributed by atoms with Gasteiger partial charge < -0.3 is 19.3 Å². The first-order valence-electron chi connectivity index (χ1n) is 7.54. The van der Waals surface area contributed by atoms with Crippen LogP contribution in [0.5, 0.6) is 5.75 Å². The Bertz CT molecular complexity index is 722. The van der Waals surface area contributed by atoms with Gasteiger partial charge in [-0.15, -0.1) is 0 Å². The van der Waals surface area contributed by atoms with E-state index in [4.69, 9.17) is 14.0 Å². The molecule has 0 aliphatic heterocycles. The van der Waals surface area contributed by atoms with Crippen LogP contribution in [0.15, 0.2) is 24.3 Å². The van der Waals surface area contributed by atoms with E-state index in [1.807, 2.05) is 0 Å². The minimum Gasteiger partial charge on any atom is -0.481 e. The van der Waals surface area contributed by atoms with Crippen LogP contribution in [0.1, 0.15) is 38.7 Å². The molecule has 8 nitrogen and oxygen atoms in total. The highest BCUT2D eigenvalue weighted by atomic mass is 32.2. The summed E-state index contributed by atoms with van der Waals surface area (Å²) in [6, 6.07) is 6.08. The summed E-state index contributed by atoms with van der Waals surface area (Å²) in [5.41, 5.74) is -0.144. The molecule has 140 valence electrons. The van der Waals surface area contributed by atoms with E-state index in [0.29, 0.717) is 5.56 Å². The minimum absolute atomic E-state index is 0.0174. The van der Waals surface area contributed by atoms with Gasteiger partial charge in [-0.2, -0.15) is 8.42 Å². The van der Waals surface area contributed by atoms with Gasteiger partial charge in [0.1, 0.15) is 11.4 Å². The molecule has 0 saturated carbocycles. The minimum atomic E-state index is -3.69. The van der Waals surface area contributed by atoms with Crippen LogP contribution < -0.4 is 9.50 Å². The number of carboxylic acids is 1. The number of rotatable bonds is 7. The monoisotopic (exact) mass is 373 g/mol. The molecule has 0 aromatic heterocycles. The predicted molar refractivity (Wildman–Crippen MR) is 91.1 cm³/mol. The molecule has 9 heteroatoms. The average molecular weight is 373 g/mol. The number of ether oxygens (including phenoxy) is 1. The zero-order valence-electron chi connectivity index (χ0n) is 14.6. The summed E-state index contributed by atoms with van der Waals surface area (Å²) in [5, 5.41) is 11.6. The largest absolute Gasteiger partial charge is 0.481 e. The first-order chi connectivity index (χ1) is 11.4. The van der Waals surface area contributed by atoms with Gasteiger partial charge >= 0.3 is 22.2 Å². The van der Waals surface area contributed by atoms with Crippen LogP contribution in [0.4, 0.5) is 4.79 Å². The molecule has 0 radical (unpaired) electrons. The van der Waals surface area contributed by atoms with Gasteiger partial charge in [-0.05, 0) is 38.5 Å². The fraction of sp³-hybridized carbons (Fsp3) is 0.500. The van der Waals surface area contributed by atoms with E-state index < -0.39 is 33.7 Å². The predicted octanol–water partition coefficient (Wildman–Crippen LogP) is 2.11. The molecule has 0 spiro atoms. The first-order valence-corrected chi connectivity index (χ1v) is 9.35. The molecule has 1 rings (SSSR count). The third-order valence-corrected chi connectivity index (χ3v) is 3.38. The number of benzene rings is 1. The Labute approximate surface area is 147 Å². The Kier molecular flexibility index (Phi) is 6.80. The van der Waals surface area contributed by atoms with E-state index >= 15 is 0 Å². The molecule has 0 bridgehead atoms. The van der Waals surface area contributed by atoms with E-state index in [2.05, 4.69) is 5.32 Å². The average Bonchev–Trinajstić information content (AvgIpc) is 2.39. The van der Waals surface area contributed by atoms with Crippen molar-refractivity contribution < 1.29 is 32.0 Å². The number of carbonyl (C=O) groups is 2. The second kappa shape index (κ2) is 8.19. The highest BCUT2D eigenvalue weighted by Gasteiger charge is 2.21. The Balaban J connectivity index is 2.90. The van der Waals surface area contributed by atoms with Crippen molar-refractivity contribution in [2.24, 2.45) is 0 Å². The first kappa shape index (κ1) is 20.8. The van der Waals surface area contributed by atoms with Gasteiger partial charge in [-0.25, -0.2) is 4.79 Å². The fourth-order valence-corrected chi connectivity index (χ4v) is 2.49. The maximum Gasteiger partial charge on any atom is 0.407 e. The summed E-state index contributed by atoms with van der Waals surface area (Å²) >= 11 is 0. The zero-order chi connectivity index (χ0) is 19.3. The Hall–Kier alpha value is -2.29. The van der Waals surface area contributed by atoms with Gasteiger partial charge in [0.25, 0.3) is 0 Å². The molecule has 0 aliphatic rings. The number of nitrogens with one attached hydrogen (secondary N) is 1. The lowest BCUT2D eigenvalue weighted by Crippen LogP contribution is -2.35. The molecule has 2 N–H and O–H groups in total. The van der Waals surface area contributed by atoms with Crippen molar-refractivity contribution in [3.05, 3.63) is 29.8 Å². The number of hydrogen-bond acceptors (Lipinski definition) is 6. The molecule has 1 atom stereocenters. The van der Waals surface area contributed by atoms with Crippen LogP contribution in [0.3, 0.4) is 0 Å². The molecule has 0 aliphatic carbocycles. The van der Waals surface area contributed by atoms with Crippen molar-refractivity contribution >= 4 is 22.2 Å². The third kappa shape index (κ3) is 8.94. The van der Waals surface area contributed by atoms with Gasteiger partial charge in [0.15, 0.2) is 0 Å². The number of carboxylic acid groups (broad SMARTS) is 1. The summed E-state index contributed by atoms with van der Waals surface area (Å²) in [6.45, 7) is 5.16. The van der Waals surface area contributed by atoms with E-state index in [1.165, 1.54) is 12.1 Å². The number of amides is 1. The summed E-state index contributed by atoms with van der Waals surface area (Å²) in [7, 11) is -3.69. The van der Waals surface area contributed by atoms with E-state index in [9.17, 15) is 18.0 Å². The highest BCUT2D eigenvalue weighted by molar-refractivity contribution is 7.86. The molecule has 25 heavy (non-hydrogen) atoms. The molecule has 1 aromatic carbocycles. The molecular weight excluding hydrogens is 350 g/mol. The summed E-state index contributed by atoms with van der Waals surface area (Å²) in [4.78, 5) is 22.8. The third-order valence-electron chi connectivity index (χ3n) is 2.89. The smallest absolute Gasteiger partial charge is 0.407 e. The Morgan fingerprint density at radius 3 is 2.44 bits per heavy atom. The highest BCUT2D eigenvalue weighted by Crippen LogP contribution is 2.24. The Morgan fingerprint density at radius 2 is 1.92 bits per heavy atom. The van der Waals surface area contributed by atoms with E-state index in [1.54, 1.807) is 32.9 Å². The van der Waals surface area contributed by atoms with Gasteiger partial charge in [0, 0.05) is 12.5 Å². The summed E-state index contributed by atoms with van der Waals surface area (Å²) < 4.78 is 32.4. The number of aliphatic carboxylic acids is 1. The van der Waals surface area contributed by atoms with Crippen molar-refractivity contribution in [1.82, 2.24) is 5.32 Å². The lowest BCUT2D eigenvalue weighted by molar-refractivity contribution is -0.137. The summed E-state index contributed by atoms with van der Waals surface area (Å²) in [6.07, 6.45) is 0.00257. The van der Waals surface area contributed by atoms with Gasteiger partial charge in [-0.3, -0.25) is 4.79 Å². The van der Waals surface area contributed by atoms with Crippen LogP contribution in [0, 0.1) is 0 Å². The van der Waals surface area contributed by atoms with Crippen LogP contribution in [-0.4, -0.2) is 44.0 Å². The fourth-order valence-electron chi connectivity index (χ4n) is 2.03. The lowest BCUT2D eigenvalue weighted by atomic mass is 9.95. The second-order valence-corrected chi connectivity index (χ2v) is 8.11. The van der Waals surface area contributed by atoms with Crippen molar-refractivity contribution in [2.75, 3.05) is 12.8 Å². The topological polar surface area (TPSA) is 119 Å². The van der Waals surface area contributed by atoms with Crippen LogP contribution in [-0.2, 0) is 19.6 Å². The van der Waals surface area contributed by atoms with Crippen LogP contribution >= 0.6 is 0 Å². The molecule has 1 unspecified atom stereocenters. The van der Waals surface area contributed by atoms with Crippen molar-refractivity contribution in [2.45, 2.75) is 38.7 Å². The molecule has 0 heterocycles. The SMILES string of the molecule is CC(C)(C)OC(=O)NCC(CC(=O)O)c1cccc(OS(C)(=O)=O)c1. The van der Waals surface area contributed by atoms with Gasteiger partial charge in [0.05, 0.1) is 12.7 Å². The standard InChI is InChI=1S/C16H23NO7S/c1-16(2,3)23-15(20)17-10-12(9-14(18)19)11-6-5-7-13(8-11)24-25(4,21)22/h5-8,12H,9-10H2,1-4H3,(H,17,20)(H,18,19). The second-order valence-electron chi connectivity index (χ2n) is 6.54.